The summed E-state index contributed by atoms with van der Waals surface area (Å²) in [5.74, 6) is -0.905. The number of hydrogen-bond acceptors (Lipinski definition) is 9. The normalized spacial score (nSPS) is 19.8. The second-order valence-corrected chi connectivity index (χ2v) is 10.7. The molecule has 0 radical (unpaired) electrons. The third kappa shape index (κ3) is 5.35. The van der Waals surface area contributed by atoms with Crippen molar-refractivity contribution in [3.8, 4) is 23.6 Å². The third-order valence-electron chi connectivity index (χ3n) is 4.63. The molecule has 0 aromatic heterocycles. The van der Waals surface area contributed by atoms with Gasteiger partial charge in [-0.2, -0.15) is 20.8 Å². The average Bonchev–Trinajstić information content (AvgIpc) is 2.81. The number of benzene rings is 2. The van der Waals surface area contributed by atoms with Crippen molar-refractivity contribution in [3.05, 3.63) is 48.5 Å². The number of nitriles is 2. The molecule has 4 heterocycles. The lowest BCUT2D eigenvalue weighted by molar-refractivity contribution is 0.249. The van der Waals surface area contributed by atoms with Crippen molar-refractivity contribution in [1.82, 2.24) is 9.25 Å². The first-order valence-electron chi connectivity index (χ1n) is 9.69. The summed E-state index contributed by atoms with van der Waals surface area (Å²) in [6.07, 6.45) is -1.54. The van der Waals surface area contributed by atoms with E-state index in [0.29, 0.717) is 15.9 Å². The number of azo groups is 1. The zero-order chi connectivity index (χ0) is 24.2. The fourth-order valence-corrected chi connectivity index (χ4v) is 5.59. The lowest BCUT2D eigenvalue weighted by atomic mass is 10.1. The SMILES string of the molecule is CC(C#N)CN=NC(C(C)C#N)N1NS(=O)(=O)c2ccc(cc2)Oc2ccc(cc2)S1(=O)=O. The summed E-state index contributed by atoms with van der Waals surface area (Å²) in [7, 11) is -8.94. The number of nitrogens with zero attached hydrogens (tertiary/aromatic N) is 5. The molecular weight excluding hydrogens is 468 g/mol. The summed E-state index contributed by atoms with van der Waals surface area (Å²) in [6, 6.07) is 14.6. The molecule has 2 aromatic rings. The van der Waals surface area contributed by atoms with Crippen LogP contribution in [0.25, 0.3) is 0 Å². The van der Waals surface area contributed by atoms with Gasteiger partial charge in [-0.15, -0.1) is 4.83 Å². The Morgan fingerprint density at radius 3 is 2.00 bits per heavy atom. The van der Waals surface area contributed by atoms with Crippen LogP contribution in [0.15, 0.2) is 68.6 Å². The summed E-state index contributed by atoms with van der Waals surface area (Å²) >= 11 is 0. The molecule has 1 N–H and O–H groups in total. The molecule has 0 fully saturated rings. The fourth-order valence-electron chi connectivity index (χ4n) is 2.74. The molecule has 2 aromatic carbocycles. The second-order valence-electron chi connectivity index (χ2n) is 7.24. The summed E-state index contributed by atoms with van der Waals surface area (Å²) in [5.41, 5.74) is 0. The summed E-state index contributed by atoms with van der Waals surface area (Å²) in [6.45, 7) is 2.92. The van der Waals surface area contributed by atoms with E-state index in [1.54, 1.807) is 6.92 Å². The summed E-state index contributed by atoms with van der Waals surface area (Å²) < 4.78 is 59.1. The Labute approximate surface area is 192 Å². The molecule has 4 bridgehead atoms. The predicted molar refractivity (Wildman–Crippen MR) is 115 cm³/mol. The Hall–Kier alpha value is -3.36. The molecule has 0 amide bonds. The van der Waals surface area contributed by atoms with Gasteiger partial charge in [-0.25, -0.2) is 16.8 Å². The second kappa shape index (κ2) is 9.64. The monoisotopic (exact) mass is 488 g/mol. The first kappa shape index (κ1) is 24.3. The minimum atomic E-state index is -4.54. The van der Waals surface area contributed by atoms with Gasteiger partial charge in [-0.05, 0) is 62.4 Å². The highest BCUT2D eigenvalue weighted by Crippen LogP contribution is 2.29. The van der Waals surface area contributed by atoms with Crippen molar-refractivity contribution in [2.75, 3.05) is 6.54 Å². The number of hydrogen-bond donors (Lipinski definition) is 1. The summed E-state index contributed by atoms with van der Waals surface area (Å²) in [5, 5.41) is 26.2. The van der Waals surface area contributed by atoms with Gasteiger partial charge in [-0.3, -0.25) is 0 Å². The Morgan fingerprint density at radius 2 is 1.48 bits per heavy atom. The van der Waals surface area contributed by atoms with Crippen molar-refractivity contribution in [3.63, 3.8) is 0 Å². The maximum Gasteiger partial charge on any atom is 0.258 e. The van der Waals surface area contributed by atoms with E-state index >= 15 is 0 Å². The van der Waals surface area contributed by atoms with E-state index in [4.69, 9.17) is 10.00 Å². The van der Waals surface area contributed by atoms with Crippen LogP contribution in [0.4, 0.5) is 0 Å². The van der Waals surface area contributed by atoms with E-state index in [0.717, 1.165) is 0 Å². The van der Waals surface area contributed by atoms with Crippen molar-refractivity contribution in [2.45, 2.75) is 29.8 Å². The van der Waals surface area contributed by atoms with Gasteiger partial charge in [0.1, 0.15) is 11.5 Å². The molecule has 13 heteroatoms. The molecule has 3 atom stereocenters. The number of ether oxygens (including phenoxy) is 1. The highest BCUT2D eigenvalue weighted by Gasteiger charge is 2.39. The lowest BCUT2D eigenvalue weighted by Gasteiger charge is -2.28. The standard InChI is InChI=1S/C20H20N6O5S2/c1-14(11-21)13-23-24-20(15(2)12-22)26-25-32(27,28)18-7-3-16(4-8-18)31-17-5-9-19(10-6-17)33(26,29)30/h3-10,14-15,20,25H,13H2,1-2H3. The molecule has 33 heavy (non-hydrogen) atoms. The van der Waals surface area contributed by atoms with E-state index in [-0.39, 0.29) is 16.3 Å². The van der Waals surface area contributed by atoms with Gasteiger partial charge in [0.2, 0.25) is 0 Å². The van der Waals surface area contributed by atoms with Crippen molar-refractivity contribution < 1.29 is 21.6 Å². The number of hydrazine groups is 1. The highest BCUT2D eigenvalue weighted by molar-refractivity contribution is 7.92. The first-order valence-corrected chi connectivity index (χ1v) is 12.6. The van der Waals surface area contributed by atoms with Crippen LogP contribution in [0.5, 0.6) is 11.5 Å². The molecule has 172 valence electrons. The lowest BCUT2D eigenvalue weighted by Crippen LogP contribution is -2.52. The van der Waals surface area contributed by atoms with Crippen LogP contribution in [0.1, 0.15) is 13.8 Å². The van der Waals surface area contributed by atoms with Crippen LogP contribution in [-0.4, -0.2) is 34.0 Å². The fraction of sp³-hybridized carbons (Fsp3) is 0.300. The van der Waals surface area contributed by atoms with Gasteiger partial charge in [-0.1, -0.05) is 4.41 Å². The molecule has 0 aliphatic carbocycles. The van der Waals surface area contributed by atoms with Gasteiger partial charge in [0.15, 0.2) is 6.17 Å². The first-order chi connectivity index (χ1) is 15.6. The number of rotatable bonds is 5. The largest absolute Gasteiger partial charge is 0.457 e. The highest BCUT2D eigenvalue weighted by atomic mass is 32.2. The van der Waals surface area contributed by atoms with Gasteiger partial charge >= 0.3 is 0 Å². The topological polar surface area (TPSA) is 165 Å². The van der Waals surface area contributed by atoms with Crippen LogP contribution in [0, 0.1) is 34.5 Å². The van der Waals surface area contributed by atoms with Crippen molar-refractivity contribution in [2.24, 2.45) is 22.1 Å². The van der Waals surface area contributed by atoms with Gasteiger partial charge in [0.25, 0.3) is 20.0 Å². The minimum absolute atomic E-state index is 0.0563. The van der Waals surface area contributed by atoms with Crippen molar-refractivity contribution >= 4 is 20.0 Å². The van der Waals surface area contributed by atoms with Crippen LogP contribution < -0.4 is 9.57 Å². The molecule has 4 aliphatic rings. The molecule has 3 unspecified atom stereocenters. The van der Waals surface area contributed by atoms with E-state index in [1.807, 2.05) is 12.1 Å². The summed E-state index contributed by atoms with van der Waals surface area (Å²) in [4.78, 5) is 1.58. The van der Waals surface area contributed by atoms with Crippen LogP contribution in [-0.2, 0) is 20.0 Å². The molecule has 0 saturated carbocycles. The van der Waals surface area contributed by atoms with E-state index in [1.165, 1.54) is 55.5 Å². The van der Waals surface area contributed by atoms with E-state index in [2.05, 4.69) is 15.1 Å². The smallest absolute Gasteiger partial charge is 0.258 e. The van der Waals surface area contributed by atoms with Crippen LogP contribution in [0.2, 0.25) is 0 Å². The van der Waals surface area contributed by atoms with Crippen LogP contribution >= 0.6 is 0 Å². The van der Waals surface area contributed by atoms with Crippen LogP contribution in [0.3, 0.4) is 0 Å². The zero-order valence-corrected chi connectivity index (χ0v) is 19.3. The number of nitrogens with one attached hydrogen (secondary N) is 1. The predicted octanol–water partition coefficient (Wildman–Crippen LogP) is 2.77. The molecule has 6 rings (SSSR count). The molecule has 0 saturated heterocycles. The third-order valence-corrected chi connectivity index (χ3v) is 7.77. The van der Waals surface area contributed by atoms with Crippen molar-refractivity contribution in [1.29, 1.82) is 10.5 Å². The molecular formula is C20H20N6O5S2. The Morgan fingerprint density at radius 1 is 0.939 bits per heavy atom. The van der Waals surface area contributed by atoms with Gasteiger partial charge < -0.3 is 4.74 Å². The van der Waals surface area contributed by atoms with Gasteiger partial charge in [0, 0.05) is 0 Å². The maximum atomic E-state index is 13.5. The average molecular weight is 489 g/mol. The number of sulfonamides is 2. The zero-order valence-electron chi connectivity index (χ0n) is 17.7. The van der Waals surface area contributed by atoms with Gasteiger partial charge in [0.05, 0.1) is 40.3 Å². The Kier molecular flexibility index (Phi) is 7.09. The molecule has 0 spiro atoms. The quantitative estimate of drug-likeness (QED) is 0.632. The molecule has 4 aliphatic heterocycles. The maximum absolute atomic E-state index is 13.5. The van der Waals surface area contributed by atoms with E-state index in [9.17, 15) is 22.1 Å². The minimum Gasteiger partial charge on any atom is -0.457 e. The van der Waals surface area contributed by atoms with E-state index < -0.39 is 38.0 Å². The molecule has 11 nitrogen and oxygen atoms in total. The Balaban J connectivity index is 2.19. The Bertz CT molecular complexity index is 1330.